The summed E-state index contributed by atoms with van der Waals surface area (Å²) in [7, 11) is 0. The van der Waals surface area contributed by atoms with E-state index >= 15 is 0 Å². The second-order valence-electron chi connectivity index (χ2n) is 7.04. The van der Waals surface area contributed by atoms with Gasteiger partial charge in [-0.15, -0.1) is 0 Å². The molecule has 0 saturated carbocycles. The van der Waals surface area contributed by atoms with Crippen LogP contribution in [-0.4, -0.2) is 20.7 Å². The van der Waals surface area contributed by atoms with E-state index in [1.807, 2.05) is 55.5 Å². The van der Waals surface area contributed by atoms with E-state index in [2.05, 4.69) is 31.3 Å². The maximum absolute atomic E-state index is 12.4. The summed E-state index contributed by atoms with van der Waals surface area (Å²) in [5, 5.41) is 7.23. The van der Waals surface area contributed by atoms with Crippen molar-refractivity contribution in [3.8, 4) is 11.3 Å². The van der Waals surface area contributed by atoms with E-state index in [4.69, 9.17) is 4.42 Å². The molecule has 0 radical (unpaired) electrons. The minimum absolute atomic E-state index is 0.110. The van der Waals surface area contributed by atoms with Gasteiger partial charge in [-0.05, 0) is 24.6 Å². The predicted octanol–water partition coefficient (Wildman–Crippen LogP) is 5.23. The normalized spacial score (nSPS) is 10.9. The van der Waals surface area contributed by atoms with Crippen molar-refractivity contribution < 1.29 is 9.21 Å². The van der Waals surface area contributed by atoms with Crippen LogP contribution < -0.4 is 5.32 Å². The van der Waals surface area contributed by atoms with Gasteiger partial charge in [0.15, 0.2) is 11.7 Å². The molecule has 0 unspecified atom stereocenters. The van der Waals surface area contributed by atoms with E-state index in [-0.39, 0.29) is 12.3 Å². The summed E-state index contributed by atoms with van der Waals surface area (Å²) >= 11 is 3.47. The van der Waals surface area contributed by atoms with Gasteiger partial charge in [0.2, 0.25) is 5.91 Å². The van der Waals surface area contributed by atoms with Crippen molar-refractivity contribution in [3.63, 3.8) is 0 Å². The minimum Gasteiger partial charge on any atom is -0.441 e. The number of carbonyl (C=O) groups excluding carboxylic acids is 1. The number of benzene rings is 2. The first-order valence-corrected chi connectivity index (χ1v) is 10.4. The molecule has 0 spiro atoms. The Hall–Kier alpha value is -3.19. The van der Waals surface area contributed by atoms with Crippen molar-refractivity contribution in [2.45, 2.75) is 26.3 Å². The molecule has 4 rings (SSSR count). The van der Waals surface area contributed by atoms with E-state index in [0.29, 0.717) is 30.4 Å². The molecule has 30 heavy (non-hydrogen) atoms. The Morgan fingerprint density at radius 2 is 2.00 bits per heavy atom. The average molecular weight is 465 g/mol. The summed E-state index contributed by atoms with van der Waals surface area (Å²) < 4.78 is 8.57. The zero-order valence-corrected chi connectivity index (χ0v) is 18.1. The largest absolute Gasteiger partial charge is 0.441 e. The number of anilines is 1. The van der Waals surface area contributed by atoms with Crippen LogP contribution in [0.4, 0.5) is 5.82 Å². The van der Waals surface area contributed by atoms with Gasteiger partial charge in [0.25, 0.3) is 0 Å². The topological polar surface area (TPSA) is 73.0 Å². The van der Waals surface area contributed by atoms with Gasteiger partial charge in [0, 0.05) is 28.9 Å². The Kier molecular flexibility index (Phi) is 6.09. The summed E-state index contributed by atoms with van der Waals surface area (Å²) in [6.45, 7) is 2.61. The zero-order valence-electron chi connectivity index (χ0n) is 16.5. The highest BCUT2D eigenvalue weighted by molar-refractivity contribution is 9.10. The number of oxazole rings is 1. The van der Waals surface area contributed by atoms with Crippen LogP contribution in [-0.2, 0) is 17.8 Å². The average Bonchev–Trinajstić information content (AvgIpc) is 3.37. The van der Waals surface area contributed by atoms with Crippen LogP contribution in [0, 0.1) is 6.92 Å². The lowest BCUT2D eigenvalue weighted by Crippen LogP contribution is -2.16. The number of aryl methyl sites for hydroxylation is 2. The fourth-order valence-corrected chi connectivity index (χ4v) is 3.52. The SMILES string of the molecule is Cc1ccc(-c2cnc(CCC(=O)Nc3ccnn3Cc3cccc(Br)c3)o2)cc1. The highest BCUT2D eigenvalue weighted by atomic mass is 79.9. The zero-order chi connectivity index (χ0) is 20.9. The maximum Gasteiger partial charge on any atom is 0.226 e. The molecule has 4 aromatic rings. The molecule has 152 valence electrons. The van der Waals surface area contributed by atoms with Crippen molar-refractivity contribution in [1.29, 1.82) is 0 Å². The Bertz CT molecular complexity index is 1150. The Morgan fingerprint density at radius 1 is 1.17 bits per heavy atom. The van der Waals surface area contributed by atoms with Gasteiger partial charge in [-0.1, -0.05) is 57.9 Å². The lowest BCUT2D eigenvalue weighted by molar-refractivity contribution is -0.116. The van der Waals surface area contributed by atoms with Gasteiger partial charge in [0.05, 0.1) is 18.9 Å². The van der Waals surface area contributed by atoms with E-state index in [0.717, 1.165) is 15.6 Å². The molecule has 2 aromatic heterocycles. The monoisotopic (exact) mass is 464 g/mol. The van der Waals surface area contributed by atoms with Gasteiger partial charge < -0.3 is 9.73 Å². The van der Waals surface area contributed by atoms with Crippen molar-refractivity contribution in [2.75, 3.05) is 5.32 Å². The molecule has 1 N–H and O–H groups in total. The highest BCUT2D eigenvalue weighted by Gasteiger charge is 2.11. The van der Waals surface area contributed by atoms with Gasteiger partial charge in [0.1, 0.15) is 5.82 Å². The molecule has 0 atom stereocenters. The molecule has 7 heteroatoms. The molecule has 1 amide bonds. The van der Waals surface area contributed by atoms with Crippen LogP contribution in [0.25, 0.3) is 11.3 Å². The minimum atomic E-state index is -0.110. The Balaban J connectivity index is 1.34. The standard InChI is InChI=1S/C23H21BrN4O2/c1-16-5-7-18(8-6-16)20-14-25-23(30-20)10-9-22(29)27-21-11-12-26-28(21)15-17-3-2-4-19(24)13-17/h2-8,11-14H,9-10,15H2,1H3,(H,27,29). The van der Waals surface area contributed by atoms with Crippen LogP contribution in [0.5, 0.6) is 0 Å². The highest BCUT2D eigenvalue weighted by Crippen LogP contribution is 2.21. The van der Waals surface area contributed by atoms with Crippen LogP contribution in [0.2, 0.25) is 0 Å². The number of amides is 1. The molecule has 0 aliphatic carbocycles. The Morgan fingerprint density at radius 3 is 2.80 bits per heavy atom. The first kappa shape index (κ1) is 20.1. The third-order valence-electron chi connectivity index (χ3n) is 4.66. The number of hydrogen-bond acceptors (Lipinski definition) is 4. The molecule has 0 bridgehead atoms. The number of carbonyl (C=O) groups is 1. The molecule has 0 saturated heterocycles. The van der Waals surface area contributed by atoms with Gasteiger partial charge >= 0.3 is 0 Å². The van der Waals surface area contributed by atoms with Gasteiger partial charge in [-0.3, -0.25) is 4.79 Å². The molecular formula is C23H21BrN4O2. The third-order valence-corrected chi connectivity index (χ3v) is 5.15. The summed E-state index contributed by atoms with van der Waals surface area (Å²) in [5.41, 5.74) is 3.25. The van der Waals surface area contributed by atoms with Gasteiger partial charge in [-0.2, -0.15) is 5.10 Å². The fraction of sp³-hybridized carbons (Fsp3) is 0.174. The van der Waals surface area contributed by atoms with E-state index in [1.54, 1.807) is 23.1 Å². The second-order valence-corrected chi connectivity index (χ2v) is 7.95. The third kappa shape index (κ3) is 5.04. The lowest BCUT2D eigenvalue weighted by atomic mass is 10.1. The molecule has 2 heterocycles. The first-order chi connectivity index (χ1) is 14.6. The number of nitrogens with zero attached hydrogens (tertiary/aromatic N) is 3. The summed E-state index contributed by atoms with van der Waals surface area (Å²) in [6.07, 6.45) is 4.08. The molecule has 0 fully saturated rings. The first-order valence-electron chi connectivity index (χ1n) is 9.65. The number of aromatic nitrogens is 3. The van der Waals surface area contributed by atoms with Crippen LogP contribution >= 0.6 is 15.9 Å². The summed E-state index contributed by atoms with van der Waals surface area (Å²) in [6, 6.07) is 17.8. The molecule has 0 aliphatic rings. The quantitative estimate of drug-likeness (QED) is 0.406. The second kappa shape index (κ2) is 9.09. The Labute approximate surface area is 183 Å². The molecule has 2 aromatic carbocycles. The number of halogens is 1. The molecule has 0 aliphatic heterocycles. The van der Waals surface area contributed by atoms with E-state index < -0.39 is 0 Å². The number of rotatable bonds is 7. The fourth-order valence-electron chi connectivity index (χ4n) is 3.08. The van der Waals surface area contributed by atoms with E-state index in [9.17, 15) is 4.79 Å². The summed E-state index contributed by atoms with van der Waals surface area (Å²) in [5.74, 6) is 1.80. The lowest BCUT2D eigenvalue weighted by Gasteiger charge is -2.09. The molecule has 6 nitrogen and oxygen atoms in total. The van der Waals surface area contributed by atoms with Crippen molar-refractivity contribution in [2.24, 2.45) is 0 Å². The number of nitrogens with one attached hydrogen (secondary N) is 1. The van der Waals surface area contributed by atoms with Gasteiger partial charge in [-0.25, -0.2) is 9.67 Å². The van der Waals surface area contributed by atoms with Crippen LogP contribution in [0.1, 0.15) is 23.4 Å². The number of hydrogen-bond donors (Lipinski definition) is 1. The van der Waals surface area contributed by atoms with E-state index in [1.165, 1.54) is 5.56 Å². The van der Waals surface area contributed by atoms with Crippen molar-refractivity contribution >= 4 is 27.7 Å². The summed E-state index contributed by atoms with van der Waals surface area (Å²) in [4.78, 5) is 16.7. The van der Waals surface area contributed by atoms with Crippen molar-refractivity contribution in [1.82, 2.24) is 14.8 Å². The molecular weight excluding hydrogens is 444 g/mol. The predicted molar refractivity (Wildman–Crippen MR) is 119 cm³/mol. The van der Waals surface area contributed by atoms with Crippen molar-refractivity contribution in [3.05, 3.63) is 88.5 Å². The smallest absolute Gasteiger partial charge is 0.226 e. The maximum atomic E-state index is 12.4. The van der Waals surface area contributed by atoms with Crippen LogP contribution in [0.3, 0.4) is 0 Å². The van der Waals surface area contributed by atoms with Crippen LogP contribution in [0.15, 0.2) is 75.9 Å².